The number of hydrogen-bond donors (Lipinski definition) is 0. The molecule has 0 radical (unpaired) electrons. The average molecular weight is 329 g/mol. The lowest BCUT2D eigenvalue weighted by Crippen LogP contribution is -2.56. The predicted octanol–water partition coefficient (Wildman–Crippen LogP) is 4.18. The molecule has 2 saturated heterocycles. The van der Waals surface area contributed by atoms with Gasteiger partial charge in [0, 0.05) is 23.9 Å². The second-order valence-corrected chi connectivity index (χ2v) is 7.41. The fourth-order valence-electron chi connectivity index (χ4n) is 4.18. The molecule has 1 amide bonds. The lowest BCUT2D eigenvalue weighted by Gasteiger charge is -2.47. The van der Waals surface area contributed by atoms with Crippen LogP contribution in [-0.2, 0) is 16.1 Å². The van der Waals surface area contributed by atoms with Crippen LogP contribution in [0.2, 0.25) is 0 Å². The van der Waals surface area contributed by atoms with Crippen LogP contribution >= 0.6 is 0 Å². The molecule has 2 unspecified atom stereocenters. The van der Waals surface area contributed by atoms with Crippen molar-refractivity contribution < 1.29 is 14.3 Å². The molecule has 2 heterocycles. The number of fused-ring (bicyclic) bond motifs is 2. The molecular formula is C20H27NO3. The summed E-state index contributed by atoms with van der Waals surface area (Å²) in [7, 11) is 0. The number of carbonyl (C=O) groups is 2. The third-order valence-corrected chi connectivity index (χ3v) is 5.36. The minimum absolute atomic E-state index is 0.0762. The van der Waals surface area contributed by atoms with E-state index in [9.17, 15) is 9.59 Å². The highest BCUT2D eigenvalue weighted by Gasteiger charge is 2.43. The summed E-state index contributed by atoms with van der Waals surface area (Å²) in [5.74, 6) is 0.537. The SMILES string of the molecule is CC(C)C(=O)C1CC2CCCC(C1)N2C(=O)OCc1ccccc1. The quantitative estimate of drug-likeness (QED) is 0.832. The number of nitrogens with zero attached hydrogens (tertiary/aromatic N) is 1. The molecule has 4 nitrogen and oxygen atoms in total. The topological polar surface area (TPSA) is 46.6 Å². The maximum absolute atomic E-state index is 12.6. The summed E-state index contributed by atoms with van der Waals surface area (Å²) in [6.07, 6.45) is 4.49. The fourth-order valence-corrected chi connectivity index (χ4v) is 4.18. The zero-order valence-corrected chi connectivity index (χ0v) is 14.6. The van der Waals surface area contributed by atoms with E-state index in [1.807, 2.05) is 49.1 Å². The van der Waals surface area contributed by atoms with Crippen molar-refractivity contribution in [3.05, 3.63) is 35.9 Å². The Kier molecular flexibility index (Phi) is 5.22. The Bertz CT molecular complexity index is 570. The highest BCUT2D eigenvalue weighted by Crippen LogP contribution is 2.38. The molecule has 0 saturated carbocycles. The second kappa shape index (κ2) is 7.37. The van der Waals surface area contributed by atoms with E-state index in [0.29, 0.717) is 12.4 Å². The molecule has 0 aliphatic carbocycles. The van der Waals surface area contributed by atoms with Gasteiger partial charge < -0.3 is 9.64 Å². The molecule has 1 aromatic carbocycles. The smallest absolute Gasteiger partial charge is 0.410 e. The van der Waals surface area contributed by atoms with Gasteiger partial charge in [0.25, 0.3) is 0 Å². The van der Waals surface area contributed by atoms with Crippen LogP contribution < -0.4 is 0 Å². The summed E-state index contributed by atoms with van der Waals surface area (Å²) >= 11 is 0. The van der Waals surface area contributed by atoms with Gasteiger partial charge in [0.2, 0.25) is 0 Å². The second-order valence-electron chi connectivity index (χ2n) is 7.41. The Hall–Kier alpha value is -1.84. The Labute approximate surface area is 144 Å². The number of carbonyl (C=O) groups excluding carboxylic acids is 2. The van der Waals surface area contributed by atoms with Gasteiger partial charge in [0.15, 0.2) is 0 Å². The molecule has 130 valence electrons. The summed E-state index contributed by atoms with van der Waals surface area (Å²) in [6, 6.07) is 10.1. The standard InChI is InChI=1S/C20H27NO3/c1-14(2)19(22)16-11-17-9-6-10-18(12-16)21(17)20(23)24-13-15-7-4-3-5-8-15/h3-5,7-8,14,16-18H,6,9-13H2,1-2H3. The van der Waals surface area contributed by atoms with E-state index in [-0.39, 0.29) is 30.0 Å². The van der Waals surface area contributed by atoms with Crippen molar-refractivity contribution in [2.24, 2.45) is 11.8 Å². The number of rotatable bonds is 4. The zero-order chi connectivity index (χ0) is 17.1. The molecule has 2 aliphatic heterocycles. The van der Waals surface area contributed by atoms with Gasteiger partial charge in [0.05, 0.1) is 0 Å². The predicted molar refractivity (Wildman–Crippen MR) is 92.5 cm³/mol. The molecule has 2 bridgehead atoms. The van der Waals surface area contributed by atoms with E-state index < -0.39 is 0 Å². The van der Waals surface area contributed by atoms with E-state index in [1.165, 1.54) is 0 Å². The van der Waals surface area contributed by atoms with Crippen LogP contribution in [0, 0.1) is 11.8 Å². The number of ether oxygens (including phenoxy) is 1. The van der Waals surface area contributed by atoms with Crippen molar-refractivity contribution in [1.82, 2.24) is 4.90 Å². The van der Waals surface area contributed by atoms with Gasteiger partial charge in [0.1, 0.15) is 12.4 Å². The van der Waals surface area contributed by atoms with Crippen LogP contribution in [0.25, 0.3) is 0 Å². The van der Waals surface area contributed by atoms with Crippen molar-refractivity contribution >= 4 is 11.9 Å². The molecule has 24 heavy (non-hydrogen) atoms. The Morgan fingerprint density at radius 3 is 2.33 bits per heavy atom. The average Bonchev–Trinajstić information content (AvgIpc) is 2.58. The largest absolute Gasteiger partial charge is 0.445 e. The normalized spacial score (nSPS) is 26.3. The number of amides is 1. The number of Topliss-reactive ketones (excluding diaryl/α,β-unsaturated/α-hetero) is 1. The zero-order valence-electron chi connectivity index (χ0n) is 14.6. The third kappa shape index (κ3) is 3.63. The van der Waals surface area contributed by atoms with Gasteiger partial charge in [-0.05, 0) is 37.7 Å². The van der Waals surface area contributed by atoms with E-state index in [2.05, 4.69) is 0 Å². The van der Waals surface area contributed by atoms with Crippen LogP contribution in [0.4, 0.5) is 4.79 Å². The fraction of sp³-hybridized carbons (Fsp3) is 0.600. The minimum Gasteiger partial charge on any atom is -0.445 e. The lowest BCUT2D eigenvalue weighted by molar-refractivity contribution is -0.129. The van der Waals surface area contributed by atoms with Gasteiger partial charge >= 0.3 is 6.09 Å². The van der Waals surface area contributed by atoms with E-state index >= 15 is 0 Å². The molecule has 0 spiro atoms. The summed E-state index contributed by atoms with van der Waals surface area (Å²) in [4.78, 5) is 26.9. The van der Waals surface area contributed by atoms with Crippen LogP contribution in [0.1, 0.15) is 51.5 Å². The van der Waals surface area contributed by atoms with Crippen LogP contribution in [-0.4, -0.2) is 28.9 Å². The van der Waals surface area contributed by atoms with Gasteiger partial charge in [-0.25, -0.2) is 4.79 Å². The molecule has 3 rings (SSSR count). The van der Waals surface area contributed by atoms with Crippen molar-refractivity contribution in [2.75, 3.05) is 0 Å². The summed E-state index contributed by atoms with van der Waals surface area (Å²) < 4.78 is 5.55. The van der Waals surface area contributed by atoms with E-state index in [4.69, 9.17) is 4.74 Å². The van der Waals surface area contributed by atoms with Crippen molar-refractivity contribution in [3.63, 3.8) is 0 Å². The molecule has 1 aromatic rings. The Balaban J connectivity index is 1.63. The van der Waals surface area contributed by atoms with Gasteiger partial charge in [-0.2, -0.15) is 0 Å². The van der Waals surface area contributed by atoms with Crippen molar-refractivity contribution in [2.45, 2.75) is 64.6 Å². The van der Waals surface area contributed by atoms with Crippen molar-refractivity contribution in [3.8, 4) is 0 Å². The molecule has 2 atom stereocenters. The molecule has 2 fully saturated rings. The molecule has 4 heteroatoms. The molecule has 0 aromatic heterocycles. The van der Waals surface area contributed by atoms with E-state index in [1.54, 1.807) is 0 Å². The maximum atomic E-state index is 12.6. The minimum atomic E-state index is -0.219. The van der Waals surface area contributed by atoms with Gasteiger partial charge in [-0.3, -0.25) is 4.79 Å². The monoisotopic (exact) mass is 329 g/mol. The third-order valence-electron chi connectivity index (χ3n) is 5.36. The molecule has 2 aliphatic rings. The highest BCUT2D eigenvalue weighted by molar-refractivity contribution is 5.83. The summed E-state index contributed by atoms with van der Waals surface area (Å²) in [6.45, 7) is 4.25. The maximum Gasteiger partial charge on any atom is 0.410 e. The highest BCUT2D eigenvalue weighted by atomic mass is 16.6. The lowest BCUT2D eigenvalue weighted by atomic mass is 9.75. The Morgan fingerprint density at radius 1 is 1.12 bits per heavy atom. The van der Waals surface area contributed by atoms with E-state index in [0.717, 1.165) is 37.7 Å². The first-order valence-corrected chi connectivity index (χ1v) is 9.09. The first-order valence-electron chi connectivity index (χ1n) is 9.09. The number of ketones is 1. The molecule has 0 N–H and O–H groups in total. The summed E-state index contributed by atoms with van der Waals surface area (Å²) in [5, 5.41) is 0. The van der Waals surface area contributed by atoms with Crippen LogP contribution in [0.3, 0.4) is 0 Å². The molecular weight excluding hydrogens is 302 g/mol. The number of benzene rings is 1. The van der Waals surface area contributed by atoms with Gasteiger partial charge in [-0.1, -0.05) is 44.2 Å². The first-order chi connectivity index (χ1) is 11.6. The summed E-state index contributed by atoms with van der Waals surface area (Å²) in [5.41, 5.74) is 1.00. The van der Waals surface area contributed by atoms with Gasteiger partial charge in [-0.15, -0.1) is 0 Å². The number of piperidine rings is 2. The van der Waals surface area contributed by atoms with Crippen LogP contribution in [0.15, 0.2) is 30.3 Å². The first kappa shape index (κ1) is 17.0. The number of hydrogen-bond acceptors (Lipinski definition) is 3. The Morgan fingerprint density at radius 2 is 1.75 bits per heavy atom. The van der Waals surface area contributed by atoms with Crippen LogP contribution in [0.5, 0.6) is 0 Å². The van der Waals surface area contributed by atoms with Crippen molar-refractivity contribution in [1.29, 1.82) is 0 Å².